The Morgan fingerprint density at radius 1 is 1.64 bits per heavy atom. The summed E-state index contributed by atoms with van der Waals surface area (Å²) in [4.78, 5) is 10.2. The molecule has 0 aliphatic carbocycles. The van der Waals surface area contributed by atoms with Gasteiger partial charge in [0.15, 0.2) is 0 Å². The zero-order valence-electron chi connectivity index (χ0n) is 5.65. The van der Waals surface area contributed by atoms with Gasteiger partial charge in [0, 0.05) is 12.3 Å². The molecule has 0 bridgehead atoms. The average Bonchev–Trinajstić information content (AvgIpc) is 2.14. The Hall–Kier alpha value is -1.78. The molecule has 11 heavy (non-hydrogen) atoms. The molecule has 5 heteroatoms. The lowest BCUT2D eigenvalue weighted by molar-refractivity contribution is 0.180. The summed E-state index contributed by atoms with van der Waals surface area (Å²) in [7, 11) is 0. The molecule has 0 saturated carbocycles. The van der Waals surface area contributed by atoms with Gasteiger partial charge in [-0.25, -0.2) is 10.2 Å². The van der Waals surface area contributed by atoms with Crippen LogP contribution in [0.2, 0.25) is 0 Å². The van der Waals surface area contributed by atoms with Gasteiger partial charge in [0.1, 0.15) is 0 Å². The molecule has 1 aliphatic heterocycles. The minimum atomic E-state index is -0.866. The highest BCUT2D eigenvalue weighted by molar-refractivity contribution is 5.72. The van der Waals surface area contributed by atoms with E-state index in [1.54, 1.807) is 12.2 Å². The molecule has 0 saturated heterocycles. The monoisotopic (exact) mass is 153 g/mol. The lowest BCUT2D eigenvalue weighted by Gasteiger charge is -2.01. The number of carbonyl (C=O) groups excluding carboxylic acids is 1. The van der Waals surface area contributed by atoms with E-state index < -0.39 is 6.09 Å². The molecule has 0 radical (unpaired) electrons. The van der Waals surface area contributed by atoms with Crippen molar-refractivity contribution in [1.29, 1.82) is 0 Å². The normalized spacial score (nSPS) is 14.7. The number of allylic oxidation sites excluding steroid dienone is 3. The standard InChI is InChI=1S/C6H7N3O2/c7-6(10)11-5-3-1-2-4-8-9-5/h1-4,9H,(H2,7,10). The molecule has 1 rings (SSSR count). The molecule has 0 aromatic rings. The van der Waals surface area contributed by atoms with Gasteiger partial charge in [-0.15, -0.1) is 0 Å². The van der Waals surface area contributed by atoms with E-state index in [1.165, 1.54) is 12.3 Å². The third-order valence-electron chi connectivity index (χ3n) is 0.905. The summed E-state index contributed by atoms with van der Waals surface area (Å²) in [6, 6.07) is 0. The molecule has 0 unspecified atom stereocenters. The van der Waals surface area contributed by atoms with Crippen molar-refractivity contribution in [2.45, 2.75) is 0 Å². The summed E-state index contributed by atoms with van der Waals surface area (Å²) < 4.78 is 4.50. The topological polar surface area (TPSA) is 76.7 Å². The molecule has 0 aromatic carbocycles. The fraction of sp³-hybridized carbons (Fsp3) is 0. The maximum atomic E-state index is 10.2. The third-order valence-corrected chi connectivity index (χ3v) is 0.905. The lowest BCUT2D eigenvalue weighted by Crippen LogP contribution is -2.18. The minimum absolute atomic E-state index is 0.211. The van der Waals surface area contributed by atoms with E-state index in [9.17, 15) is 4.79 Å². The van der Waals surface area contributed by atoms with E-state index in [1.807, 2.05) is 0 Å². The van der Waals surface area contributed by atoms with Crippen molar-refractivity contribution in [2.24, 2.45) is 10.8 Å². The SMILES string of the molecule is NC(=O)OC1=CC=CC=NN1. The van der Waals surface area contributed by atoms with Gasteiger partial charge in [-0.1, -0.05) is 6.08 Å². The van der Waals surface area contributed by atoms with Gasteiger partial charge in [-0.05, 0) is 6.08 Å². The predicted octanol–water partition coefficient (Wildman–Crippen LogP) is 0.0683. The van der Waals surface area contributed by atoms with Crippen LogP contribution in [0.3, 0.4) is 0 Å². The maximum absolute atomic E-state index is 10.2. The molecule has 1 heterocycles. The Morgan fingerprint density at radius 2 is 2.45 bits per heavy atom. The van der Waals surface area contributed by atoms with Crippen LogP contribution in [-0.2, 0) is 4.74 Å². The van der Waals surface area contributed by atoms with Crippen LogP contribution in [-0.4, -0.2) is 12.3 Å². The van der Waals surface area contributed by atoms with Crippen LogP contribution in [0.4, 0.5) is 4.79 Å². The van der Waals surface area contributed by atoms with Crippen molar-refractivity contribution in [3.05, 3.63) is 24.1 Å². The fourth-order valence-corrected chi connectivity index (χ4v) is 0.539. The first-order valence-electron chi connectivity index (χ1n) is 2.92. The largest absolute Gasteiger partial charge is 0.411 e. The van der Waals surface area contributed by atoms with Crippen molar-refractivity contribution in [3.63, 3.8) is 0 Å². The molecule has 0 spiro atoms. The molecule has 0 aromatic heterocycles. The molecule has 1 aliphatic rings. The smallest absolute Gasteiger partial charge is 0.392 e. The molecular weight excluding hydrogens is 146 g/mol. The zero-order chi connectivity index (χ0) is 8.10. The van der Waals surface area contributed by atoms with Gasteiger partial charge in [0.05, 0.1) is 0 Å². The van der Waals surface area contributed by atoms with Gasteiger partial charge in [-0.2, -0.15) is 5.10 Å². The lowest BCUT2D eigenvalue weighted by atomic mass is 10.5. The predicted molar refractivity (Wildman–Crippen MR) is 39.5 cm³/mol. The molecule has 1 amide bonds. The fourth-order valence-electron chi connectivity index (χ4n) is 0.539. The first-order valence-corrected chi connectivity index (χ1v) is 2.92. The molecule has 58 valence electrons. The van der Waals surface area contributed by atoms with Crippen LogP contribution >= 0.6 is 0 Å². The van der Waals surface area contributed by atoms with Crippen LogP contribution in [0.1, 0.15) is 0 Å². The van der Waals surface area contributed by atoms with Crippen LogP contribution in [0.15, 0.2) is 29.2 Å². The Morgan fingerprint density at radius 3 is 3.18 bits per heavy atom. The molecule has 5 nitrogen and oxygen atoms in total. The number of nitrogens with zero attached hydrogens (tertiary/aromatic N) is 1. The van der Waals surface area contributed by atoms with E-state index in [-0.39, 0.29) is 5.88 Å². The summed E-state index contributed by atoms with van der Waals surface area (Å²) >= 11 is 0. The maximum Gasteiger partial charge on any atom is 0.411 e. The van der Waals surface area contributed by atoms with Gasteiger partial charge >= 0.3 is 6.09 Å². The van der Waals surface area contributed by atoms with E-state index >= 15 is 0 Å². The summed E-state index contributed by atoms with van der Waals surface area (Å²) in [5.74, 6) is 0.211. The first kappa shape index (κ1) is 7.33. The van der Waals surface area contributed by atoms with Crippen LogP contribution < -0.4 is 11.2 Å². The van der Waals surface area contributed by atoms with Crippen LogP contribution in [0.5, 0.6) is 0 Å². The van der Waals surface area contributed by atoms with Crippen LogP contribution in [0.25, 0.3) is 0 Å². The number of nitrogens with one attached hydrogen (secondary N) is 1. The molecule has 0 atom stereocenters. The van der Waals surface area contributed by atoms with E-state index in [0.717, 1.165) is 0 Å². The van der Waals surface area contributed by atoms with Crippen molar-refractivity contribution >= 4 is 12.3 Å². The zero-order valence-corrected chi connectivity index (χ0v) is 5.65. The number of nitrogens with two attached hydrogens (primary N) is 1. The van der Waals surface area contributed by atoms with Crippen molar-refractivity contribution in [3.8, 4) is 0 Å². The third kappa shape index (κ3) is 2.53. The number of amides is 1. The van der Waals surface area contributed by atoms with Crippen molar-refractivity contribution in [2.75, 3.05) is 0 Å². The van der Waals surface area contributed by atoms with Crippen LogP contribution in [0, 0.1) is 0 Å². The highest BCUT2D eigenvalue weighted by Gasteiger charge is 1.99. The number of carbonyl (C=O) groups is 1. The van der Waals surface area contributed by atoms with E-state index in [2.05, 4.69) is 15.3 Å². The minimum Gasteiger partial charge on any atom is -0.392 e. The van der Waals surface area contributed by atoms with E-state index in [4.69, 9.17) is 5.73 Å². The number of hydrogen-bond donors (Lipinski definition) is 2. The van der Waals surface area contributed by atoms with Gasteiger partial charge in [0.2, 0.25) is 5.88 Å². The second-order valence-electron chi connectivity index (χ2n) is 1.73. The quantitative estimate of drug-likeness (QED) is 0.559. The highest BCUT2D eigenvalue weighted by atomic mass is 16.6. The molecular formula is C6H7N3O2. The molecule has 3 N–H and O–H groups in total. The van der Waals surface area contributed by atoms with Crippen molar-refractivity contribution in [1.82, 2.24) is 5.43 Å². The summed E-state index contributed by atoms with van der Waals surface area (Å²) in [5.41, 5.74) is 7.21. The highest BCUT2D eigenvalue weighted by Crippen LogP contribution is 1.94. The Bertz CT molecular complexity index is 242. The first-order chi connectivity index (χ1) is 5.29. The van der Waals surface area contributed by atoms with E-state index in [0.29, 0.717) is 0 Å². The number of hydrogen-bond acceptors (Lipinski definition) is 4. The van der Waals surface area contributed by atoms with Gasteiger partial charge < -0.3 is 10.5 Å². The number of hydrazone groups is 1. The average molecular weight is 153 g/mol. The second-order valence-corrected chi connectivity index (χ2v) is 1.73. The summed E-state index contributed by atoms with van der Waals surface area (Å²) in [5, 5.41) is 3.64. The molecule has 0 fully saturated rings. The Balaban J connectivity index is 2.57. The Labute approximate surface area is 63.2 Å². The summed E-state index contributed by atoms with van der Waals surface area (Å²) in [6.45, 7) is 0. The summed E-state index contributed by atoms with van der Waals surface area (Å²) in [6.07, 6.45) is 5.55. The van der Waals surface area contributed by atoms with Gasteiger partial charge in [0.25, 0.3) is 0 Å². The van der Waals surface area contributed by atoms with Crippen molar-refractivity contribution < 1.29 is 9.53 Å². The second kappa shape index (κ2) is 3.40. The Kier molecular flexibility index (Phi) is 2.27. The number of ether oxygens (including phenoxy) is 1. The number of rotatable bonds is 1. The van der Waals surface area contributed by atoms with Gasteiger partial charge in [-0.3, -0.25) is 0 Å². The number of primary amides is 1.